The number of nitrogens with zero attached hydrogens (tertiary/aromatic N) is 4. The number of rotatable bonds is 2. The maximum absolute atomic E-state index is 12.9. The molecule has 2 aromatic heterocycles. The van der Waals surface area contributed by atoms with Crippen LogP contribution in [0.1, 0.15) is 51.5 Å². The second-order valence-corrected chi connectivity index (χ2v) is 9.18. The fourth-order valence-corrected chi connectivity index (χ4v) is 5.92. The molecule has 2 aromatic rings. The van der Waals surface area contributed by atoms with Gasteiger partial charge in [0.1, 0.15) is 12.1 Å². The molecule has 0 atom stereocenters. The monoisotopic (exact) mass is 398 g/mol. The van der Waals surface area contributed by atoms with E-state index in [2.05, 4.69) is 20.9 Å². The summed E-state index contributed by atoms with van der Waals surface area (Å²) < 4.78 is 6.38. The van der Waals surface area contributed by atoms with Gasteiger partial charge in [-0.3, -0.25) is 4.79 Å². The molecule has 0 unspecified atom stereocenters. The maximum atomic E-state index is 12.9. The topological polar surface area (TPSA) is 58.6 Å². The van der Waals surface area contributed by atoms with E-state index in [1.807, 2.05) is 17.9 Å². The highest BCUT2D eigenvalue weighted by Gasteiger charge is 2.43. The summed E-state index contributed by atoms with van der Waals surface area (Å²) in [5.74, 6) is 1.20. The van der Waals surface area contributed by atoms with Crippen LogP contribution in [0.15, 0.2) is 18.5 Å². The van der Waals surface area contributed by atoms with E-state index in [0.29, 0.717) is 0 Å². The van der Waals surface area contributed by atoms with E-state index in [-0.39, 0.29) is 11.5 Å². The summed E-state index contributed by atoms with van der Waals surface area (Å²) in [6, 6.07) is 4.19. The zero-order valence-corrected chi connectivity index (χ0v) is 17.1. The van der Waals surface area contributed by atoms with Crippen LogP contribution >= 0.6 is 11.3 Å². The molecular formula is C21H26N4O2S. The smallest absolute Gasteiger partial charge is 0.263 e. The Morgan fingerprint density at radius 3 is 2.68 bits per heavy atom. The normalized spacial score (nSPS) is 21.2. The number of aryl methyl sites for hydroxylation is 1. The molecule has 0 bridgehead atoms. The summed E-state index contributed by atoms with van der Waals surface area (Å²) in [4.78, 5) is 28.1. The van der Waals surface area contributed by atoms with Gasteiger partial charge in [0.05, 0.1) is 17.1 Å². The Balaban J connectivity index is 1.37. The first-order chi connectivity index (χ1) is 13.6. The molecule has 3 aliphatic heterocycles. The van der Waals surface area contributed by atoms with Crippen LogP contribution in [-0.2, 0) is 16.8 Å². The van der Waals surface area contributed by atoms with Gasteiger partial charge >= 0.3 is 0 Å². The van der Waals surface area contributed by atoms with Crippen LogP contribution in [0.3, 0.4) is 0 Å². The third kappa shape index (κ3) is 3.10. The average molecular weight is 399 g/mol. The molecule has 0 saturated carbocycles. The first-order valence-electron chi connectivity index (χ1n) is 10.2. The first kappa shape index (κ1) is 18.1. The summed E-state index contributed by atoms with van der Waals surface area (Å²) >= 11 is 1.69. The van der Waals surface area contributed by atoms with Crippen LogP contribution < -0.4 is 4.90 Å². The van der Waals surface area contributed by atoms with Crippen molar-refractivity contribution in [2.45, 2.75) is 44.6 Å². The largest absolute Gasteiger partial charge is 0.370 e. The number of piperidine rings is 1. The molecule has 0 aliphatic carbocycles. The first-order valence-corrected chi connectivity index (χ1v) is 11.1. The molecule has 1 amide bonds. The predicted octanol–water partition coefficient (Wildman–Crippen LogP) is 3.15. The third-order valence-electron chi connectivity index (χ3n) is 6.30. The highest BCUT2D eigenvalue weighted by atomic mass is 32.1. The van der Waals surface area contributed by atoms with Crippen molar-refractivity contribution < 1.29 is 9.53 Å². The van der Waals surface area contributed by atoms with Gasteiger partial charge in [-0.25, -0.2) is 9.97 Å². The second kappa shape index (κ2) is 7.12. The summed E-state index contributed by atoms with van der Waals surface area (Å²) in [5.41, 5.74) is 2.01. The standard InChI is InChI=1S/C21H26N4O2S/c1-15-12-19(23-14-22-15)24-9-5-21(6-10-24)16-13-18(28-17(16)4-11-27-21)20(26)25-7-2-3-8-25/h12-14H,2-11H2,1H3. The van der Waals surface area contributed by atoms with Crippen molar-refractivity contribution in [1.82, 2.24) is 14.9 Å². The number of carbonyl (C=O) groups excluding carboxylic acids is 1. The molecule has 3 aliphatic rings. The molecule has 0 aromatic carbocycles. The van der Waals surface area contributed by atoms with Crippen molar-refractivity contribution in [2.24, 2.45) is 0 Å². The van der Waals surface area contributed by atoms with Gasteiger partial charge in [-0.05, 0) is 44.2 Å². The predicted molar refractivity (Wildman–Crippen MR) is 109 cm³/mol. The summed E-state index contributed by atoms with van der Waals surface area (Å²) in [5, 5.41) is 0. The van der Waals surface area contributed by atoms with Gasteiger partial charge in [-0.1, -0.05) is 0 Å². The number of amides is 1. The lowest BCUT2D eigenvalue weighted by molar-refractivity contribution is -0.0757. The zero-order chi connectivity index (χ0) is 19.1. The van der Waals surface area contributed by atoms with E-state index in [4.69, 9.17) is 4.74 Å². The molecule has 28 heavy (non-hydrogen) atoms. The minimum atomic E-state index is -0.244. The maximum Gasteiger partial charge on any atom is 0.263 e. The Kier molecular flexibility index (Phi) is 4.59. The molecule has 2 saturated heterocycles. The number of likely N-dealkylation sites (tertiary alicyclic amines) is 1. The van der Waals surface area contributed by atoms with Crippen molar-refractivity contribution in [3.05, 3.63) is 39.5 Å². The van der Waals surface area contributed by atoms with Crippen molar-refractivity contribution in [3.8, 4) is 0 Å². The number of thiophene rings is 1. The van der Waals surface area contributed by atoms with E-state index < -0.39 is 0 Å². The Morgan fingerprint density at radius 1 is 1.14 bits per heavy atom. The van der Waals surface area contributed by atoms with E-state index in [9.17, 15) is 4.79 Å². The molecule has 1 spiro atoms. The summed E-state index contributed by atoms with van der Waals surface area (Å²) in [6.07, 6.45) is 6.67. The van der Waals surface area contributed by atoms with Crippen LogP contribution in [0.25, 0.3) is 0 Å². The number of anilines is 1. The fourth-order valence-electron chi connectivity index (χ4n) is 4.72. The molecule has 5 rings (SSSR count). The second-order valence-electron chi connectivity index (χ2n) is 8.04. The molecule has 7 heteroatoms. The lowest BCUT2D eigenvalue weighted by Gasteiger charge is -2.44. The van der Waals surface area contributed by atoms with Crippen LogP contribution in [0.4, 0.5) is 5.82 Å². The average Bonchev–Trinajstić information content (AvgIpc) is 3.39. The van der Waals surface area contributed by atoms with Gasteiger partial charge < -0.3 is 14.5 Å². The SMILES string of the molecule is Cc1cc(N2CCC3(CC2)OCCc2sc(C(=O)N4CCCC4)cc23)ncn1. The molecule has 5 heterocycles. The molecule has 6 nitrogen and oxygen atoms in total. The summed E-state index contributed by atoms with van der Waals surface area (Å²) in [7, 11) is 0. The molecule has 0 N–H and O–H groups in total. The minimum absolute atomic E-state index is 0.209. The van der Waals surface area contributed by atoms with Gasteiger partial charge in [0, 0.05) is 49.2 Å². The van der Waals surface area contributed by atoms with Gasteiger partial charge in [0.25, 0.3) is 5.91 Å². The number of hydrogen-bond donors (Lipinski definition) is 0. The van der Waals surface area contributed by atoms with Crippen molar-refractivity contribution in [2.75, 3.05) is 37.7 Å². The quantitative estimate of drug-likeness (QED) is 0.778. The van der Waals surface area contributed by atoms with E-state index in [0.717, 1.165) is 81.3 Å². The number of carbonyl (C=O) groups is 1. The van der Waals surface area contributed by atoms with Crippen LogP contribution in [0.5, 0.6) is 0 Å². The highest BCUT2D eigenvalue weighted by Crippen LogP contribution is 2.45. The number of hydrogen-bond acceptors (Lipinski definition) is 6. The van der Waals surface area contributed by atoms with E-state index in [1.54, 1.807) is 17.7 Å². The molecule has 0 radical (unpaired) electrons. The Morgan fingerprint density at radius 2 is 1.93 bits per heavy atom. The summed E-state index contributed by atoms with van der Waals surface area (Å²) in [6.45, 7) is 6.35. The van der Waals surface area contributed by atoms with Crippen LogP contribution in [0, 0.1) is 6.92 Å². The molecule has 2 fully saturated rings. The van der Waals surface area contributed by atoms with Gasteiger partial charge in [0.2, 0.25) is 0 Å². The third-order valence-corrected chi connectivity index (χ3v) is 7.48. The van der Waals surface area contributed by atoms with Gasteiger partial charge in [-0.2, -0.15) is 0 Å². The number of aromatic nitrogens is 2. The van der Waals surface area contributed by atoms with Gasteiger partial charge in [-0.15, -0.1) is 11.3 Å². The highest BCUT2D eigenvalue weighted by molar-refractivity contribution is 7.14. The lowest BCUT2D eigenvalue weighted by atomic mass is 9.82. The Hall–Kier alpha value is -1.99. The Labute approximate surface area is 169 Å². The fraction of sp³-hybridized carbons (Fsp3) is 0.571. The molecule has 148 valence electrons. The van der Waals surface area contributed by atoms with Gasteiger partial charge in [0.15, 0.2) is 0 Å². The van der Waals surface area contributed by atoms with Crippen molar-refractivity contribution in [3.63, 3.8) is 0 Å². The van der Waals surface area contributed by atoms with Crippen molar-refractivity contribution >= 4 is 23.1 Å². The molecular weight excluding hydrogens is 372 g/mol. The zero-order valence-electron chi connectivity index (χ0n) is 16.3. The minimum Gasteiger partial charge on any atom is -0.370 e. The number of fused-ring (bicyclic) bond motifs is 2. The van der Waals surface area contributed by atoms with E-state index >= 15 is 0 Å². The van der Waals surface area contributed by atoms with Crippen LogP contribution in [-0.4, -0.2) is 53.6 Å². The van der Waals surface area contributed by atoms with Crippen LogP contribution in [0.2, 0.25) is 0 Å². The Bertz CT molecular complexity index is 882. The van der Waals surface area contributed by atoms with E-state index in [1.165, 1.54) is 10.4 Å². The van der Waals surface area contributed by atoms with Crippen molar-refractivity contribution in [1.29, 1.82) is 0 Å². The lowest BCUT2D eigenvalue weighted by Crippen LogP contribution is -2.46. The number of ether oxygens (including phenoxy) is 1.